The van der Waals surface area contributed by atoms with Crippen molar-refractivity contribution in [2.75, 3.05) is 5.32 Å². The molecular weight excluding hydrogens is 430 g/mol. The van der Waals surface area contributed by atoms with Gasteiger partial charge >= 0.3 is 5.69 Å². The molecule has 11 heteroatoms. The number of carbonyl (C=O) groups is 1. The molecular formula is C15H14BrN3O6S. The van der Waals surface area contributed by atoms with Gasteiger partial charge in [0.25, 0.3) is 5.91 Å². The van der Waals surface area contributed by atoms with Crippen molar-refractivity contribution in [2.24, 2.45) is 5.14 Å². The fourth-order valence-corrected chi connectivity index (χ4v) is 2.74. The molecule has 0 fully saturated rings. The van der Waals surface area contributed by atoms with E-state index < -0.39 is 37.5 Å². The van der Waals surface area contributed by atoms with Gasteiger partial charge in [-0.05, 0) is 43.3 Å². The number of hydrogen-bond acceptors (Lipinski definition) is 6. The number of carbonyl (C=O) groups excluding carboxylic acids is 1. The van der Waals surface area contributed by atoms with E-state index in [-0.39, 0.29) is 5.75 Å². The molecule has 0 unspecified atom stereocenters. The summed E-state index contributed by atoms with van der Waals surface area (Å²) in [6.07, 6.45) is -1.07. The molecule has 0 heterocycles. The Morgan fingerprint density at radius 1 is 1.27 bits per heavy atom. The van der Waals surface area contributed by atoms with Crippen molar-refractivity contribution in [2.45, 2.75) is 17.9 Å². The monoisotopic (exact) mass is 443 g/mol. The number of rotatable bonds is 6. The third-order valence-electron chi connectivity index (χ3n) is 3.24. The molecule has 9 nitrogen and oxygen atoms in total. The van der Waals surface area contributed by atoms with E-state index >= 15 is 0 Å². The lowest BCUT2D eigenvalue weighted by molar-refractivity contribution is -0.386. The number of nitrogens with zero attached hydrogens (tertiary/aromatic N) is 1. The van der Waals surface area contributed by atoms with E-state index in [1.54, 1.807) is 24.3 Å². The zero-order valence-electron chi connectivity index (χ0n) is 13.4. The molecule has 0 aliphatic rings. The first-order chi connectivity index (χ1) is 12.1. The molecule has 0 saturated carbocycles. The summed E-state index contributed by atoms with van der Waals surface area (Å²) in [4.78, 5) is 22.1. The number of ether oxygens (including phenoxy) is 1. The number of sulfonamides is 1. The lowest BCUT2D eigenvalue weighted by Crippen LogP contribution is -2.30. The molecule has 0 aliphatic heterocycles. The molecule has 0 spiro atoms. The maximum atomic E-state index is 12.2. The smallest absolute Gasteiger partial charge is 0.312 e. The first-order valence-electron chi connectivity index (χ1n) is 7.12. The molecule has 1 atom stereocenters. The Morgan fingerprint density at radius 2 is 1.88 bits per heavy atom. The van der Waals surface area contributed by atoms with Crippen LogP contribution >= 0.6 is 15.9 Å². The summed E-state index contributed by atoms with van der Waals surface area (Å²) in [5.41, 5.74) is -0.0902. The minimum Gasteiger partial charge on any atom is -0.474 e. The maximum absolute atomic E-state index is 12.2. The van der Waals surface area contributed by atoms with Crippen molar-refractivity contribution in [1.82, 2.24) is 0 Å². The van der Waals surface area contributed by atoms with Gasteiger partial charge in [-0.1, -0.05) is 15.9 Å². The summed E-state index contributed by atoms with van der Waals surface area (Å²) in [6.45, 7) is 1.41. The summed E-state index contributed by atoms with van der Waals surface area (Å²) in [6, 6.07) is 9.73. The van der Waals surface area contributed by atoms with Crippen LogP contribution in [0.25, 0.3) is 0 Å². The first kappa shape index (κ1) is 19.8. The minimum atomic E-state index is -4.11. The standard InChI is InChI=1S/C15H14BrN3O6S/c1-9(15(20)18-11-4-2-10(16)3-5-11)25-14-7-6-12(26(17,23)24)8-13(14)19(21)22/h2-9H,1H3,(H,18,20)(H2,17,23,24)/t9-/m1/s1. The third-order valence-corrected chi connectivity index (χ3v) is 4.68. The number of nitrogens with two attached hydrogens (primary N) is 1. The fraction of sp³-hybridized carbons (Fsp3) is 0.133. The quantitative estimate of drug-likeness (QED) is 0.518. The van der Waals surface area contributed by atoms with E-state index in [2.05, 4.69) is 21.2 Å². The number of amides is 1. The van der Waals surface area contributed by atoms with Crippen LogP contribution in [0.3, 0.4) is 0 Å². The SMILES string of the molecule is C[C@@H](Oc1ccc(S(N)(=O)=O)cc1[N+](=O)[O-])C(=O)Nc1ccc(Br)cc1. The van der Waals surface area contributed by atoms with Crippen LogP contribution in [0.15, 0.2) is 51.8 Å². The number of nitrogens with one attached hydrogen (secondary N) is 1. The van der Waals surface area contributed by atoms with Crippen molar-refractivity contribution < 1.29 is 22.9 Å². The number of nitro groups is 1. The molecule has 2 aromatic rings. The second-order valence-corrected chi connectivity index (χ2v) is 7.66. The Labute approximate surface area is 157 Å². The van der Waals surface area contributed by atoms with Crippen molar-refractivity contribution >= 4 is 43.2 Å². The van der Waals surface area contributed by atoms with Crippen molar-refractivity contribution in [1.29, 1.82) is 0 Å². The van der Waals surface area contributed by atoms with E-state index in [4.69, 9.17) is 9.88 Å². The Hall–Kier alpha value is -2.50. The average molecular weight is 444 g/mol. The van der Waals surface area contributed by atoms with Gasteiger partial charge in [0.2, 0.25) is 10.0 Å². The van der Waals surface area contributed by atoms with Gasteiger partial charge < -0.3 is 10.1 Å². The molecule has 3 N–H and O–H groups in total. The molecule has 1 amide bonds. The Balaban J connectivity index is 2.19. The van der Waals surface area contributed by atoms with Crippen molar-refractivity contribution in [3.8, 4) is 5.75 Å². The van der Waals surface area contributed by atoms with Gasteiger partial charge in [-0.2, -0.15) is 0 Å². The zero-order chi connectivity index (χ0) is 19.5. The zero-order valence-corrected chi connectivity index (χ0v) is 15.8. The maximum Gasteiger partial charge on any atom is 0.312 e. The molecule has 26 heavy (non-hydrogen) atoms. The molecule has 0 aliphatic carbocycles. The van der Waals surface area contributed by atoms with Crippen LogP contribution in [0.4, 0.5) is 11.4 Å². The van der Waals surface area contributed by atoms with Crippen LogP contribution in [-0.4, -0.2) is 25.4 Å². The summed E-state index contributed by atoms with van der Waals surface area (Å²) in [5, 5.41) is 18.7. The summed E-state index contributed by atoms with van der Waals surface area (Å²) in [5.74, 6) is -0.780. The molecule has 0 bridgehead atoms. The Kier molecular flexibility index (Phi) is 5.95. The van der Waals surface area contributed by atoms with Crippen LogP contribution in [0.2, 0.25) is 0 Å². The van der Waals surface area contributed by atoms with E-state index in [9.17, 15) is 23.3 Å². The average Bonchev–Trinajstić information content (AvgIpc) is 2.56. The van der Waals surface area contributed by atoms with Gasteiger partial charge in [-0.3, -0.25) is 14.9 Å². The van der Waals surface area contributed by atoms with Gasteiger partial charge in [0.1, 0.15) is 0 Å². The lowest BCUT2D eigenvalue weighted by atomic mass is 10.2. The first-order valence-corrected chi connectivity index (χ1v) is 9.46. The third kappa shape index (κ3) is 5.00. The van der Waals surface area contributed by atoms with E-state index in [0.29, 0.717) is 5.69 Å². The highest BCUT2D eigenvalue weighted by molar-refractivity contribution is 9.10. The number of halogens is 1. The summed E-state index contributed by atoms with van der Waals surface area (Å²) >= 11 is 3.27. The lowest BCUT2D eigenvalue weighted by Gasteiger charge is -2.15. The molecule has 0 aromatic heterocycles. The highest BCUT2D eigenvalue weighted by atomic mass is 79.9. The Bertz CT molecular complexity index is 946. The number of hydrogen-bond donors (Lipinski definition) is 2. The number of primary sulfonamides is 1. The normalized spacial score (nSPS) is 12.3. The van der Waals surface area contributed by atoms with Crippen molar-refractivity contribution in [3.63, 3.8) is 0 Å². The van der Waals surface area contributed by atoms with Crippen LogP contribution in [0, 0.1) is 10.1 Å². The number of anilines is 1. The second-order valence-electron chi connectivity index (χ2n) is 5.19. The van der Waals surface area contributed by atoms with Crippen LogP contribution < -0.4 is 15.2 Å². The largest absolute Gasteiger partial charge is 0.474 e. The highest BCUT2D eigenvalue weighted by Gasteiger charge is 2.24. The molecule has 0 saturated heterocycles. The number of benzene rings is 2. The Morgan fingerprint density at radius 3 is 2.42 bits per heavy atom. The second kappa shape index (κ2) is 7.81. The van der Waals surface area contributed by atoms with Crippen LogP contribution in [0.1, 0.15) is 6.92 Å². The van der Waals surface area contributed by atoms with Gasteiger partial charge in [0, 0.05) is 16.2 Å². The van der Waals surface area contributed by atoms with Crippen LogP contribution in [-0.2, 0) is 14.8 Å². The van der Waals surface area contributed by atoms with Gasteiger partial charge in [0.05, 0.1) is 9.82 Å². The predicted octanol–water partition coefficient (Wildman–Crippen LogP) is 2.41. The van der Waals surface area contributed by atoms with Gasteiger partial charge in [0.15, 0.2) is 11.9 Å². The van der Waals surface area contributed by atoms with Crippen molar-refractivity contribution in [3.05, 3.63) is 57.1 Å². The summed E-state index contributed by atoms with van der Waals surface area (Å²) < 4.78 is 28.8. The van der Waals surface area contributed by atoms with E-state index in [1.165, 1.54) is 6.92 Å². The minimum absolute atomic E-state index is 0.249. The molecule has 0 radical (unpaired) electrons. The predicted molar refractivity (Wildman–Crippen MR) is 97.3 cm³/mol. The van der Waals surface area contributed by atoms with E-state index in [0.717, 1.165) is 22.7 Å². The highest BCUT2D eigenvalue weighted by Crippen LogP contribution is 2.30. The van der Waals surface area contributed by atoms with Gasteiger partial charge in [-0.15, -0.1) is 0 Å². The van der Waals surface area contributed by atoms with Gasteiger partial charge in [-0.25, -0.2) is 13.6 Å². The topological polar surface area (TPSA) is 142 Å². The molecule has 2 rings (SSSR count). The molecule has 2 aromatic carbocycles. The van der Waals surface area contributed by atoms with Crippen LogP contribution in [0.5, 0.6) is 5.75 Å². The van der Waals surface area contributed by atoms with E-state index in [1.807, 2.05) is 0 Å². The fourth-order valence-electron chi connectivity index (χ4n) is 1.94. The summed E-state index contributed by atoms with van der Waals surface area (Å²) in [7, 11) is -4.11. The molecule has 138 valence electrons. The number of nitro benzene ring substituents is 1.